The first-order valence-electron chi connectivity index (χ1n) is 9.82. The molecule has 4 rings (SSSR count). The lowest BCUT2D eigenvalue weighted by atomic mass is 10.0. The lowest BCUT2D eigenvalue weighted by Gasteiger charge is -2.37. The number of oxazole rings is 1. The molecule has 0 radical (unpaired) electrons. The summed E-state index contributed by atoms with van der Waals surface area (Å²) in [7, 11) is 1.66. The summed E-state index contributed by atoms with van der Waals surface area (Å²) < 4.78 is 11.3. The number of halogens is 2. The predicted molar refractivity (Wildman–Crippen MR) is 125 cm³/mol. The SMILES string of the molecule is COc1ccccc1C1CNCCN1C(=O)Cc1nc(-c2ccccc2)oc1C.Cl.Cl. The minimum Gasteiger partial charge on any atom is -0.496 e. The first kappa shape index (κ1) is 24.7. The average Bonchev–Trinajstić information content (AvgIpc) is 3.14. The van der Waals surface area contributed by atoms with Crippen LogP contribution in [0.25, 0.3) is 11.5 Å². The van der Waals surface area contributed by atoms with Crippen LogP contribution in [0.4, 0.5) is 0 Å². The zero-order valence-corrected chi connectivity index (χ0v) is 19.2. The van der Waals surface area contributed by atoms with Crippen LogP contribution in [0.5, 0.6) is 5.75 Å². The van der Waals surface area contributed by atoms with Crippen molar-refractivity contribution in [1.29, 1.82) is 0 Å². The van der Waals surface area contributed by atoms with Crippen LogP contribution in [-0.4, -0.2) is 42.5 Å². The molecule has 3 aromatic rings. The van der Waals surface area contributed by atoms with Gasteiger partial charge < -0.3 is 19.4 Å². The topological polar surface area (TPSA) is 67.6 Å². The number of hydrogen-bond donors (Lipinski definition) is 1. The standard InChI is InChI=1S/C23H25N3O3.2ClH/c1-16-19(25-23(29-16)17-8-4-3-5-9-17)14-22(27)26-13-12-24-15-20(26)18-10-6-7-11-21(18)28-2;;/h3-11,20,24H,12-15H2,1-2H3;2*1H. The molecule has 1 atom stereocenters. The Morgan fingerprint density at radius 3 is 2.61 bits per heavy atom. The molecule has 0 bridgehead atoms. The number of nitrogens with one attached hydrogen (secondary N) is 1. The van der Waals surface area contributed by atoms with Gasteiger partial charge in [-0.3, -0.25) is 4.79 Å². The molecule has 1 aromatic heterocycles. The molecule has 31 heavy (non-hydrogen) atoms. The molecule has 6 nitrogen and oxygen atoms in total. The molecular formula is C23H27Cl2N3O3. The van der Waals surface area contributed by atoms with E-state index in [0.29, 0.717) is 30.4 Å². The molecular weight excluding hydrogens is 437 g/mol. The van der Waals surface area contributed by atoms with Crippen molar-refractivity contribution in [3.63, 3.8) is 0 Å². The number of methoxy groups -OCH3 is 1. The number of carbonyl (C=O) groups is 1. The van der Waals surface area contributed by atoms with Gasteiger partial charge in [-0.05, 0) is 25.1 Å². The van der Waals surface area contributed by atoms with Crippen LogP contribution in [0.3, 0.4) is 0 Å². The van der Waals surface area contributed by atoms with Crippen molar-refractivity contribution in [2.24, 2.45) is 0 Å². The van der Waals surface area contributed by atoms with Crippen LogP contribution in [0.2, 0.25) is 0 Å². The Kier molecular flexibility index (Phi) is 8.92. The third-order valence-electron chi connectivity index (χ3n) is 5.29. The second-order valence-corrected chi connectivity index (χ2v) is 7.11. The first-order chi connectivity index (χ1) is 14.2. The smallest absolute Gasteiger partial charge is 0.229 e. The van der Waals surface area contributed by atoms with Gasteiger partial charge in [0.2, 0.25) is 11.8 Å². The fourth-order valence-electron chi connectivity index (χ4n) is 3.76. The van der Waals surface area contributed by atoms with E-state index in [-0.39, 0.29) is 43.2 Å². The van der Waals surface area contributed by atoms with Crippen molar-refractivity contribution in [3.05, 3.63) is 71.6 Å². The van der Waals surface area contributed by atoms with Gasteiger partial charge in [0.15, 0.2) is 0 Å². The predicted octanol–water partition coefficient (Wildman–Crippen LogP) is 4.22. The Hall–Kier alpha value is -2.54. The van der Waals surface area contributed by atoms with E-state index < -0.39 is 0 Å². The molecule has 1 aliphatic heterocycles. The Morgan fingerprint density at radius 1 is 1.16 bits per heavy atom. The molecule has 1 fully saturated rings. The normalized spacial score (nSPS) is 15.5. The van der Waals surface area contributed by atoms with E-state index in [1.165, 1.54) is 0 Å². The van der Waals surface area contributed by atoms with Gasteiger partial charge in [0.05, 0.1) is 25.3 Å². The zero-order chi connectivity index (χ0) is 20.2. The number of piperazine rings is 1. The molecule has 166 valence electrons. The fourth-order valence-corrected chi connectivity index (χ4v) is 3.76. The van der Waals surface area contributed by atoms with E-state index in [9.17, 15) is 4.79 Å². The van der Waals surface area contributed by atoms with Gasteiger partial charge in [-0.25, -0.2) is 4.98 Å². The van der Waals surface area contributed by atoms with Crippen LogP contribution in [0.1, 0.15) is 23.1 Å². The maximum atomic E-state index is 13.2. The molecule has 1 N–H and O–H groups in total. The molecule has 2 aromatic carbocycles. The number of para-hydroxylation sites is 1. The van der Waals surface area contributed by atoms with Gasteiger partial charge in [0, 0.05) is 30.8 Å². The molecule has 0 saturated carbocycles. The lowest BCUT2D eigenvalue weighted by molar-refractivity contribution is -0.133. The Morgan fingerprint density at radius 2 is 1.87 bits per heavy atom. The van der Waals surface area contributed by atoms with E-state index in [0.717, 1.165) is 23.4 Å². The van der Waals surface area contributed by atoms with Gasteiger partial charge in [0.25, 0.3) is 0 Å². The van der Waals surface area contributed by atoms with Gasteiger partial charge in [-0.15, -0.1) is 24.8 Å². The molecule has 8 heteroatoms. The Labute approximate surface area is 194 Å². The number of amides is 1. The Balaban J connectivity index is 0.00000171. The van der Waals surface area contributed by atoms with Crippen molar-refractivity contribution in [3.8, 4) is 17.2 Å². The molecule has 0 spiro atoms. The van der Waals surface area contributed by atoms with Crippen molar-refractivity contribution in [2.75, 3.05) is 26.7 Å². The van der Waals surface area contributed by atoms with E-state index in [1.54, 1.807) is 7.11 Å². The number of benzene rings is 2. The van der Waals surface area contributed by atoms with E-state index in [4.69, 9.17) is 9.15 Å². The highest BCUT2D eigenvalue weighted by molar-refractivity contribution is 5.85. The minimum absolute atomic E-state index is 0. The quantitative estimate of drug-likeness (QED) is 0.613. The van der Waals surface area contributed by atoms with E-state index in [2.05, 4.69) is 10.3 Å². The number of hydrogen-bond acceptors (Lipinski definition) is 5. The highest BCUT2D eigenvalue weighted by atomic mass is 35.5. The van der Waals surface area contributed by atoms with Crippen molar-refractivity contribution in [2.45, 2.75) is 19.4 Å². The van der Waals surface area contributed by atoms with Gasteiger partial charge in [-0.2, -0.15) is 0 Å². The monoisotopic (exact) mass is 463 g/mol. The van der Waals surface area contributed by atoms with Crippen molar-refractivity contribution in [1.82, 2.24) is 15.2 Å². The summed E-state index contributed by atoms with van der Waals surface area (Å²) in [6.07, 6.45) is 0.216. The third-order valence-corrected chi connectivity index (χ3v) is 5.29. The third kappa shape index (κ3) is 5.39. The van der Waals surface area contributed by atoms with Crippen LogP contribution >= 0.6 is 24.8 Å². The first-order valence-corrected chi connectivity index (χ1v) is 9.82. The maximum Gasteiger partial charge on any atom is 0.229 e. The molecule has 1 saturated heterocycles. The van der Waals surface area contributed by atoms with Crippen LogP contribution in [0.15, 0.2) is 59.0 Å². The van der Waals surface area contributed by atoms with Crippen molar-refractivity contribution >= 4 is 30.7 Å². The minimum atomic E-state index is -0.0757. The fraction of sp³-hybridized carbons (Fsp3) is 0.304. The van der Waals surface area contributed by atoms with E-state index in [1.807, 2.05) is 66.4 Å². The number of rotatable bonds is 5. The number of aromatic nitrogens is 1. The summed E-state index contributed by atoms with van der Waals surface area (Å²) in [5, 5.41) is 3.39. The number of ether oxygens (including phenoxy) is 1. The average molecular weight is 464 g/mol. The highest BCUT2D eigenvalue weighted by Crippen LogP contribution is 2.31. The number of nitrogens with zero attached hydrogens (tertiary/aromatic N) is 2. The van der Waals surface area contributed by atoms with Gasteiger partial charge in [0.1, 0.15) is 11.5 Å². The molecule has 1 aliphatic rings. The van der Waals surface area contributed by atoms with Gasteiger partial charge in [-0.1, -0.05) is 36.4 Å². The second kappa shape index (κ2) is 11.2. The number of aryl methyl sites for hydroxylation is 1. The Bertz CT molecular complexity index is 995. The van der Waals surface area contributed by atoms with Crippen LogP contribution in [0, 0.1) is 6.92 Å². The highest BCUT2D eigenvalue weighted by Gasteiger charge is 2.30. The summed E-state index contributed by atoms with van der Waals surface area (Å²) in [4.78, 5) is 19.7. The summed E-state index contributed by atoms with van der Waals surface area (Å²) >= 11 is 0. The van der Waals surface area contributed by atoms with Crippen LogP contribution < -0.4 is 10.1 Å². The summed E-state index contributed by atoms with van der Waals surface area (Å²) in [6, 6.07) is 17.5. The summed E-state index contributed by atoms with van der Waals surface area (Å²) in [6.45, 7) is 3.96. The molecule has 0 aliphatic carbocycles. The van der Waals surface area contributed by atoms with E-state index >= 15 is 0 Å². The largest absolute Gasteiger partial charge is 0.496 e. The number of carbonyl (C=O) groups excluding carboxylic acids is 1. The zero-order valence-electron chi connectivity index (χ0n) is 17.5. The van der Waals surface area contributed by atoms with Crippen molar-refractivity contribution < 1.29 is 13.9 Å². The maximum absolute atomic E-state index is 13.2. The van der Waals surface area contributed by atoms with Crippen LogP contribution in [-0.2, 0) is 11.2 Å². The molecule has 2 heterocycles. The summed E-state index contributed by atoms with van der Waals surface area (Å²) in [5.74, 6) is 2.06. The van der Waals surface area contributed by atoms with Gasteiger partial charge >= 0.3 is 0 Å². The molecule has 1 unspecified atom stereocenters. The summed E-state index contributed by atoms with van der Waals surface area (Å²) in [5.41, 5.74) is 2.60. The lowest BCUT2D eigenvalue weighted by Crippen LogP contribution is -2.49. The second-order valence-electron chi connectivity index (χ2n) is 7.11. The molecule has 1 amide bonds.